The average molecular weight is 262 g/mol. The molecule has 0 aliphatic rings. The van der Waals surface area contributed by atoms with E-state index < -0.39 is 0 Å². The fourth-order valence-corrected chi connectivity index (χ4v) is 2.14. The Morgan fingerprint density at radius 2 is 2.11 bits per heavy atom. The fraction of sp³-hybridized carbons (Fsp3) is 0.615. The Morgan fingerprint density at radius 1 is 1.26 bits per heavy atom. The van der Waals surface area contributed by atoms with Gasteiger partial charge in [-0.05, 0) is 26.9 Å². The van der Waals surface area contributed by atoms with Gasteiger partial charge in [0.2, 0.25) is 0 Å². The van der Waals surface area contributed by atoms with Crippen LogP contribution >= 0.6 is 0 Å². The summed E-state index contributed by atoms with van der Waals surface area (Å²) in [5.74, 6) is 2.17. The molecule has 0 fully saturated rings. The van der Waals surface area contributed by atoms with Gasteiger partial charge in [-0.15, -0.1) is 0 Å². The van der Waals surface area contributed by atoms with Gasteiger partial charge >= 0.3 is 0 Å². The van der Waals surface area contributed by atoms with Crippen LogP contribution in [-0.4, -0.2) is 42.8 Å². The molecule has 0 atom stereocenters. The van der Waals surface area contributed by atoms with Gasteiger partial charge < -0.3 is 4.57 Å². The van der Waals surface area contributed by atoms with Crippen LogP contribution in [0.5, 0.6) is 0 Å². The molecule has 0 aliphatic heterocycles. The van der Waals surface area contributed by atoms with Crippen LogP contribution in [0.25, 0.3) is 0 Å². The summed E-state index contributed by atoms with van der Waals surface area (Å²) in [6, 6.07) is 0. The topological polar surface area (TPSA) is 51.8 Å². The second kappa shape index (κ2) is 6.47. The van der Waals surface area contributed by atoms with E-state index in [1.54, 1.807) is 6.33 Å². The number of aryl methyl sites for hydroxylation is 3. The molecule has 6 nitrogen and oxygen atoms in total. The molecule has 0 N–H and O–H groups in total. The Labute approximate surface area is 114 Å². The zero-order chi connectivity index (χ0) is 13.7. The van der Waals surface area contributed by atoms with E-state index in [0.717, 1.165) is 44.1 Å². The molecule has 2 heterocycles. The summed E-state index contributed by atoms with van der Waals surface area (Å²) in [5, 5.41) is 4.19. The van der Waals surface area contributed by atoms with Crippen LogP contribution < -0.4 is 0 Å². The maximum absolute atomic E-state index is 4.33. The lowest BCUT2D eigenvalue weighted by Crippen LogP contribution is -2.22. The van der Waals surface area contributed by atoms with Gasteiger partial charge in [-0.25, -0.2) is 14.6 Å². The number of hydrogen-bond donors (Lipinski definition) is 0. The van der Waals surface area contributed by atoms with Crippen molar-refractivity contribution in [3.63, 3.8) is 0 Å². The molecule has 0 aliphatic carbocycles. The first-order chi connectivity index (χ1) is 9.20. The van der Waals surface area contributed by atoms with Crippen LogP contribution in [-0.2, 0) is 26.6 Å². The molecule has 6 heteroatoms. The van der Waals surface area contributed by atoms with E-state index in [2.05, 4.69) is 38.5 Å². The monoisotopic (exact) mass is 262 g/mol. The summed E-state index contributed by atoms with van der Waals surface area (Å²) >= 11 is 0. The molecule has 2 aromatic rings. The molecule has 0 amide bonds. The van der Waals surface area contributed by atoms with Gasteiger partial charge in [0, 0.05) is 32.4 Å². The van der Waals surface area contributed by atoms with Gasteiger partial charge in [-0.2, -0.15) is 5.10 Å². The van der Waals surface area contributed by atoms with Crippen molar-refractivity contribution in [2.24, 2.45) is 7.05 Å². The Morgan fingerprint density at radius 3 is 2.79 bits per heavy atom. The van der Waals surface area contributed by atoms with Crippen LogP contribution in [0.2, 0.25) is 0 Å². The van der Waals surface area contributed by atoms with Gasteiger partial charge in [-0.3, -0.25) is 4.90 Å². The molecule has 0 bridgehead atoms. The van der Waals surface area contributed by atoms with Crippen LogP contribution in [0.1, 0.15) is 25.0 Å². The van der Waals surface area contributed by atoms with Crippen molar-refractivity contribution in [3.05, 3.63) is 30.4 Å². The van der Waals surface area contributed by atoms with E-state index in [1.807, 2.05) is 24.1 Å². The number of rotatable bonds is 7. The number of aromatic nitrogens is 5. The minimum atomic E-state index is 0.842. The Bertz CT molecular complexity index is 501. The molecule has 104 valence electrons. The maximum atomic E-state index is 4.33. The van der Waals surface area contributed by atoms with Gasteiger partial charge in [0.25, 0.3) is 0 Å². The maximum Gasteiger partial charge on any atom is 0.140 e. The lowest BCUT2D eigenvalue weighted by molar-refractivity contribution is 0.305. The van der Waals surface area contributed by atoms with Crippen LogP contribution in [0, 0.1) is 0 Å². The standard InChI is InChI=1S/C13H22N6/c1-4-19-13(15-11-16-19)10-17(2)8-5-6-12-14-7-9-18(12)3/h7,9,11H,4-6,8,10H2,1-3H3. The third kappa shape index (κ3) is 3.64. The van der Waals surface area contributed by atoms with E-state index in [4.69, 9.17) is 0 Å². The summed E-state index contributed by atoms with van der Waals surface area (Å²) in [4.78, 5) is 10.9. The smallest absolute Gasteiger partial charge is 0.140 e. The molecule has 0 saturated carbocycles. The van der Waals surface area contributed by atoms with Crippen molar-refractivity contribution in [1.29, 1.82) is 0 Å². The van der Waals surface area contributed by atoms with Crippen molar-refractivity contribution in [2.45, 2.75) is 32.9 Å². The SMILES string of the molecule is CCn1ncnc1CN(C)CCCc1nccn1C. The zero-order valence-corrected chi connectivity index (χ0v) is 12.0. The second-order valence-corrected chi connectivity index (χ2v) is 4.79. The molecule has 19 heavy (non-hydrogen) atoms. The van der Waals surface area contributed by atoms with Gasteiger partial charge in [0.1, 0.15) is 18.0 Å². The largest absolute Gasteiger partial charge is 0.338 e. The summed E-state index contributed by atoms with van der Waals surface area (Å²) in [7, 11) is 4.16. The minimum Gasteiger partial charge on any atom is -0.338 e. The summed E-state index contributed by atoms with van der Waals surface area (Å²) in [6.45, 7) is 4.83. The molecule has 0 unspecified atom stereocenters. The van der Waals surface area contributed by atoms with Crippen molar-refractivity contribution in [1.82, 2.24) is 29.2 Å². The quantitative estimate of drug-likeness (QED) is 0.749. The van der Waals surface area contributed by atoms with E-state index in [1.165, 1.54) is 0 Å². The van der Waals surface area contributed by atoms with Gasteiger partial charge in [0.15, 0.2) is 0 Å². The number of nitrogens with zero attached hydrogens (tertiary/aromatic N) is 6. The summed E-state index contributed by atoms with van der Waals surface area (Å²) in [6.07, 6.45) is 7.57. The minimum absolute atomic E-state index is 0.842. The Kier molecular flexibility index (Phi) is 4.68. The molecule has 0 aromatic carbocycles. The highest BCUT2D eigenvalue weighted by Crippen LogP contribution is 2.03. The highest BCUT2D eigenvalue weighted by molar-refractivity contribution is 4.91. The zero-order valence-electron chi connectivity index (χ0n) is 12.0. The molecular weight excluding hydrogens is 240 g/mol. The van der Waals surface area contributed by atoms with Crippen LogP contribution in [0.4, 0.5) is 0 Å². The first-order valence-corrected chi connectivity index (χ1v) is 6.72. The van der Waals surface area contributed by atoms with Crippen LogP contribution in [0.15, 0.2) is 18.7 Å². The third-order valence-electron chi connectivity index (χ3n) is 3.27. The van der Waals surface area contributed by atoms with Crippen molar-refractivity contribution >= 4 is 0 Å². The predicted molar refractivity (Wildman–Crippen MR) is 73.6 cm³/mol. The normalized spacial score (nSPS) is 11.4. The molecule has 2 aromatic heterocycles. The molecule has 0 spiro atoms. The van der Waals surface area contributed by atoms with Crippen LogP contribution in [0.3, 0.4) is 0 Å². The van der Waals surface area contributed by atoms with Gasteiger partial charge in [0.05, 0.1) is 6.54 Å². The first-order valence-electron chi connectivity index (χ1n) is 6.72. The first kappa shape index (κ1) is 13.7. The predicted octanol–water partition coefficient (Wildman–Crippen LogP) is 1.10. The summed E-state index contributed by atoms with van der Waals surface area (Å²) in [5.41, 5.74) is 0. The number of hydrogen-bond acceptors (Lipinski definition) is 4. The highest BCUT2D eigenvalue weighted by Gasteiger charge is 2.07. The summed E-state index contributed by atoms with van der Waals surface area (Å²) < 4.78 is 4.02. The van der Waals surface area contributed by atoms with E-state index >= 15 is 0 Å². The Hall–Kier alpha value is -1.69. The van der Waals surface area contributed by atoms with E-state index in [9.17, 15) is 0 Å². The molecule has 2 rings (SSSR count). The van der Waals surface area contributed by atoms with Crippen molar-refractivity contribution < 1.29 is 0 Å². The van der Waals surface area contributed by atoms with Gasteiger partial charge in [-0.1, -0.05) is 0 Å². The molecular formula is C13H22N6. The fourth-order valence-electron chi connectivity index (χ4n) is 2.14. The third-order valence-corrected chi connectivity index (χ3v) is 3.27. The van der Waals surface area contributed by atoms with Crippen molar-refractivity contribution in [3.8, 4) is 0 Å². The van der Waals surface area contributed by atoms with E-state index in [-0.39, 0.29) is 0 Å². The average Bonchev–Trinajstić information content (AvgIpc) is 2.99. The second-order valence-electron chi connectivity index (χ2n) is 4.79. The van der Waals surface area contributed by atoms with Crippen molar-refractivity contribution in [2.75, 3.05) is 13.6 Å². The van der Waals surface area contributed by atoms with E-state index in [0.29, 0.717) is 0 Å². The lowest BCUT2D eigenvalue weighted by atomic mass is 10.3. The Balaban J connectivity index is 1.76. The molecule has 0 radical (unpaired) electrons. The number of imidazole rings is 1. The lowest BCUT2D eigenvalue weighted by Gasteiger charge is -2.16. The highest BCUT2D eigenvalue weighted by atomic mass is 15.3. The molecule has 0 saturated heterocycles.